The van der Waals surface area contributed by atoms with Crippen molar-refractivity contribution >= 4 is 33.3 Å². The van der Waals surface area contributed by atoms with E-state index >= 15 is 0 Å². The van der Waals surface area contributed by atoms with E-state index in [1.54, 1.807) is 0 Å². The van der Waals surface area contributed by atoms with Crippen molar-refractivity contribution in [1.29, 1.82) is 0 Å². The average molecular weight is 465 g/mol. The van der Waals surface area contributed by atoms with Crippen LogP contribution >= 0.6 is 0 Å². The molecule has 0 saturated heterocycles. The highest BCUT2D eigenvalue weighted by atomic mass is 16.5. The Hall–Kier alpha value is -3.99. The summed E-state index contributed by atoms with van der Waals surface area (Å²) < 4.78 is 5.92. The molecule has 0 unspecified atom stereocenters. The second kappa shape index (κ2) is 9.34. The molecule has 35 heavy (non-hydrogen) atoms. The highest BCUT2D eigenvalue weighted by Crippen LogP contribution is 2.42. The first-order valence-corrected chi connectivity index (χ1v) is 12.0. The van der Waals surface area contributed by atoms with Gasteiger partial charge in [0.15, 0.2) is 0 Å². The van der Waals surface area contributed by atoms with Gasteiger partial charge in [-0.05, 0) is 78.4 Å². The summed E-state index contributed by atoms with van der Waals surface area (Å²) in [6.45, 7) is 6.72. The minimum atomic E-state index is -0.862. The second-order valence-electron chi connectivity index (χ2n) is 8.85. The predicted octanol–water partition coefficient (Wildman–Crippen LogP) is 6.69. The normalized spacial score (nSPS) is 13.5. The van der Waals surface area contributed by atoms with Gasteiger partial charge >= 0.3 is 5.97 Å². The molecule has 0 aliphatic carbocycles. The highest BCUT2D eigenvalue weighted by Gasteiger charge is 2.22. The summed E-state index contributed by atoms with van der Waals surface area (Å²) in [5, 5.41) is 11.7. The van der Waals surface area contributed by atoms with E-state index in [1.165, 1.54) is 5.56 Å². The lowest BCUT2D eigenvalue weighted by Gasteiger charge is -2.21. The number of carboxylic acid groups (broad SMARTS) is 1. The molecule has 1 aliphatic heterocycles. The molecule has 1 N–H and O–H groups in total. The lowest BCUT2D eigenvalue weighted by molar-refractivity contribution is -0.136. The Bertz CT molecular complexity index is 1520. The first kappa shape index (κ1) is 22.8. The van der Waals surface area contributed by atoms with Crippen LogP contribution in [0.1, 0.15) is 42.7 Å². The van der Waals surface area contributed by atoms with Gasteiger partial charge in [-0.25, -0.2) is 4.98 Å². The summed E-state index contributed by atoms with van der Waals surface area (Å²) in [5.41, 5.74) is 8.35. The molecule has 3 heterocycles. The van der Waals surface area contributed by atoms with Crippen molar-refractivity contribution in [2.45, 2.75) is 40.0 Å². The number of aromatic nitrogens is 2. The molecule has 0 fully saturated rings. The number of benzene rings is 2. The molecule has 4 aromatic rings. The SMILES string of the molecule is C/C=C\C(=C/CC)c1ccc2c(-c3ccc4c5c(ccnc35)CCO4)c(CC(=O)O)c(C)cc2n1. The molecule has 0 atom stereocenters. The van der Waals surface area contributed by atoms with E-state index in [1.807, 2.05) is 56.5 Å². The van der Waals surface area contributed by atoms with Crippen molar-refractivity contribution in [2.24, 2.45) is 0 Å². The number of carbonyl (C=O) groups is 1. The van der Waals surface area contributed by atoms with Crippen LogP contribution in [0.2, 0.25) is 0 Å². The standard InChI is InChI=1S/C30H28N2O3/c1-4-6-19(7-5-2)24-10-8-21-25(32-24)16-18(3)23(17-27(33)34)29(21)22-9-11-26-28-20(13-15-35-26)12-14-31-30(22)28/h4,6-12,14,16H,5,13,15,17H2,1-3H3,(H,33,34)/b6-4-,19-7+. The van der Waals surface area contributed by atoms with Gasteiger partial charge in [-0.1, -0.05) is 31.2 Å². The van der Waals surface area contributed by atoms with Gasteiger partial charge in [-0.15, -0.1) is 0 Å². The molecule has 2 aromatic carbocycles. The number of carboxylic acids is 1. The summed E-state index contributed by atoms with van der Waals surface area (Å²) in [7, 11) is 0. The number of hydrogen-bond acceptors (Lipinski definition) is 4. The molecule has 0 saturated carbocycles. The first-order chi connectivity index (χ1) is 17.0. The lowest BCUT2D eigenvalue weighted by atomic mass is 9.87. The average Bonchev–Trinajstić information content (AvgIpc) is 2.85. The Kier molecular flexibility index (Phi) is 6.08. The van der Waals surface area contributed by atoms with Crippen LogP contribution in [0.4, 0.5) is 0 Å². The van der Waals surface area contributed by atoms with E-state index in [0.29, 0.717) is 6.61 Å². The third-order valence-electron chi connectivity index (χ3n) is 6.56. The molecule has 5 nitrogen and oxygen atoms in total. The van der Waals surface area contributed by atoms with Crippen LogP contribution in [-0.4, -0.2) is 27.7 Å². The molecule has 0 spiro atoms. The van der Waals surface area contributed by atoms with Crippen LogP contribution in [0.15, 0.2) is 60.8 Å². The zero-order chi connectivity index (χ0) is 24.5. The van der Waals surface area contributed by atoms with E-state index in [0.717, 1.165) is 73.9 Å². The van der Waals surface area contributed by atoms with Crippen molar-refractivity contribution < 1.29 is 14.6 Å². The van der Waals surface area contributed by atoms with Crippen LogP contribution < -0.4 is 4.74 Å². The number of nitrogens with zero attached hydrogens (tertiary/aromatic N) is 2. The largest absolute Gasteiger partial charge is 0.493 e. The van der Waals surface area contributed by atoms with Crippen molar-refractivity contribution in [3.8, 4) is 16.9 Å². The highest BCUT2D eigenvalue weighted by molar-refractivity contribution is 6.08. The summed E-state index contributed by atoms with van der Waals surface area (Å²) in [6, 6.07) is 12.1. The van der Waals surface area contributed by atoms with E-state index in [4.69, 9.17) is 14.7 Å². The lowest BCUT2D eigenvalue weighted by Crippen LogP contribution is -2.10. The topological polar surface area (TPSA) is 72.3 Å². The second-order valence-corrected chi connectivity index (χ2v) is 8.85. The van der Waals surface area contributed by atoms with Gasteiger partial charge in [-0.2, -0.15) is 0 Å². The molecule has 176 valence electrons. The number of ether oxygens (including phenoxy) is 1. The quantitative estimate of drug-likeness (QED) is 0.322. The van der Waals surface area contributed by atoms with Gasteiger partial charge in [-0.3, -0.25) is 9.78 Å². The number of aliphatic carboxylic acids is 1. The number of allylic oxidation sites excluding steroid dienone is 4. The van der Waals surface area contributed by atoms with E-state index in [-0.39, 0.29) is 6.42 Å². The van der Waals surface area contributed by atoms with E-state index in [2.05, 4.69) is 25.1 Å². The Morgan fingerprint density at radius 1 is 1.20 bits per heavy atom. The predicted molar refractivity (Wildman–Crippen MR) is 141 cm³/mol. The maximum atomic E-state index is 11.9. The van der Waals surface area contributed by atoms with Gasteiger partial charge in [0.25, 0.3) is 0 Å². The number of rotatable bonds is 6. The van der Waals surface area contributed by atoms with Crippen molar-refractivity contribution in [3.63, 3.8) is 0 Å². The van der Waals surface area contributed by atoms with Gasteiger partial charge in [0, 0.05) is 29.0 Å². The minimum absolute atomic E-state index is 0.0716. The maximum absolute atomic E-state index is 11.9. The first-order valence-electron chi connectivity index (χ1n) is 12.0. The van der Waals surface area contributed by atoms with Crippen LogP contribution in [0.5, 0.6) is 5.75 Å². The molecule has 0 amide bonds. The molecule has 0 radical (unpaired) electrons. The summed E-state index contributed by atoms with van der Waals surface area (Å²) in [6.07, 6.45) is 9.75. The summed E-state index contributed by atoms with van der Waals surface area (Å²) in [4.78, 5) is 21.6. The minimum Gasteiger partial charge on any atom is -0.493 e. The third kappa shape index (κ3) is 4.08. The smallest absolute Gasteiger partial charge is 0.307 e. The Morgan fingerprint density at radius 3 is 2.83 bits per heavy atom. The molecular formula is C30H28N2O3. The number of pyridine rings is 2. The molecule has 5 heteroatoms. The van der Waals surface area contributed by atoms with Gasteiger partial charge in [0.05, 0.1) is 29.8 Å². The molecule has 0 bridgehead atoms. The van der Waals surface area contributed by atoms with Crippen LogP contribution in [0.3, 0.4) is 0 Å². The van der Waals surface area contributed by atoms with E-state index < -0.39 is 5.97 Å². The van der Waals surface area contributed by atoms with Crippen LogP contribution in [0.25, 0.3) is 38.5 Å². The fourth-order valence-electron chi connectivity index (χ4n) is 5.06. The van der Waals surface area contributed by atoms with Crippen molar-refractivity contribution in [1.82, 2.24) is 9.97 Å². The number of fused-ring (bicyclic) bond motifs is 1. The fraction of sp³-hybridized carbons (Fsp3) is 0.233. The maximum Gasteiger partial charge on any atom is 0.307 e. The van der Waals surface area contributed by atoms with Gasteiger partial charge in [0.2, 0.25) is 0 Å². The third-order valence-corrected chi connectivity index (χ3v) is 6.56. The van der Waals surface area contributed by atoms with Crippen molar-refractivity contribution in [2.75, 3.05) is 6.61 Å². The number of hydrogen-bond donors (Lipinski definition) is 1. The Balaban J connectivity index is 1.84. The Morgan fingerprint density at radius 2 is 2.06 bits per heavy atom. The zero-order valence-corrected chi connectivity index (χ0v) is 20.3. The summed E-state index contributed by atoms with van der Waals surface area (Å²) >= 11 is 0. The monoisotopic (exact) mass is 464 g/mol. The zero-order valence-electron chi connectivity index (χ0n) is 20.3. The van der Waals surface area contributed by atoms with Crippen LogP contribution in [-0.2, 0) is 17.6 Å². The number of aryl methyl sites for hydroxylation is 1. The molecular weight excluding hydrogens is 436 g/mol. The molecule has 5 rings (SSSR count). The molecule has 2 aromatic heterocycles. The van der Waals surface area contributed by atoms with E-state index in [9.17, 15) is 9.90 Å². The molecule has 1 aliphatic rings. The Labute approximate surface area is 204 Å². The van der Waals surface area contributed by atoms with Gasteiger partial charge in [0.1, 0.15) is 5.75 Å². The fourth-order valence-corrected chi connectivity index (χ4v) is 5.06. The summed E-state index contributed by atoms with van der Waals surface area (Å²) in [5.74, 6) is -0.0329. The van der Waals surface area contributed by atoms with Crippen LogP contribution in [0, 0.1) is 6.92 Å². The van der Waals surface area contributed by atoms with Crippen molar-refractivity contribution in [3.05, 3.63) is 83.2 Å². The van der Waals surface area contributed by atoms with Gasteiger partial charge < -0.3 is 9.84 Å².